The van der Waals surface area contributed by atoms with Crippen LogP contribution in [0, 0.1) is 5.92 Å². The fourth-order valence-electron chi connectivity index (χ4n) is 3.67. The highest BCUT2D eigenvalue weighted by atomic mass is 16.5. The van der Waals surface area contributed by atoms with Crippen LogP contribution in [0.1, 0.15) is 16.7 Å². The summed E-state index contributed by atoms with van der Waals surface area (Å²) in [6.07, 6.45) is 2.20. The Labute approximate surface area is 211 Å². The number of esters is 2. The van der Waals surface area contributed by atoms with E-state index < -0.39 is 17.9 Å². The summed E-state index contributed by atoms with van der Waals surface area (Å²) >= 11 is 0. The molecule has 0 atom stereocenters. The molecule has 0 saturated carbocycles. The van der Waals surface area contributed by atoms with Crippen LogP contribution in [0.15, 0.2) is 78.9 Å². The van der Waals surface area contributed by atoms with E-state index >= 15 is 0 Å². The minimum absolute atomic E-state index is 0.179. The van der Waals surface area contributed by atoms with Gasteiger partial charge in [0.1, 0.15) is 23.9 Å². The van der Waals surface area contributed by atoms with Gasteiger partial charge in [0.25, 0.3) is 0 Å². The quantitative estimate of drug-likeness (QED) is 0.284. The standard InChI is InChI=1S/C29H30O7/c1-32-23-13-7-21(8-14-23)26(22-9-15-24(33-2)16-10-22)17-18-36-25-11-5-20(6-12-25)19-27(28(30)34-3)29(31)35-4/h5-17,27H,18-19H2,1-4H3. The van der Waals surface area contributed by atoms with Gasteiger partial charge in [-0.1, -0.05) is 36.4 Å². The SMILES string of the molecule is COC(=O)C(Cc1ccc(OCC=C(c2ccc(OC)cc2)c2ccc(OC)cc2)cc1)C(=O)OC. The first kappa shape index (κ1) is 26.3. The fourth-order valence-corrected chi connectivity index (χ4v) is 3.67. The number of hydrogen-bond donors (Lipinski definition) is 0. The second kappa shape index (κ2) is 13.0. The molecule has 0 aliphatic carbocycles. The second-order valence-electron chi connectivity index (χ2n) is 7.83. The Morgan fingerprint density at radius 3 is 1.53 bits per heavy atom. The van der Waals surface area contributed by atoms with Crippen molar-refractivity contribution in [3.63, 3.8) is 0 Å². The van der Waals surface area contributed by atoms with E-state index in [2.05, 4.69) is 0 Å². The van der Waals surface area contributed by atoms with Crippen LogP contribution in [-0.4, -0.2) is 47.0 Å². The first-order valence-corrected chi connectivity index (χ1v) is 11.4. The molecule has 36 heavy (non-hydrogen) atoms. The molecule has 0 aromatic heterocycles. The number of carbonyl (C=O) groups excluding carboxylic acids is 2. The van der Waals surface area contributed by atoms with Gasteiger partial charge in [0.2, 0.25) is 0 Å². The maximum absolute atomic E-state index is 11.9. The zero-order chi connectivity index (χ0) is 25.9. The Balaban J connectivity index is 1.74. The van der Waals surface area contributed by atoms with Crippen LogP contribution in [0.5, 0.6) is 17.2 Å². The average Bonchev–Trinajstić information content (AvgIpc) is 2.94. The summed E-state index contributed by atoms with van der Waals surface area (Å²) in [6.45, 7) is 0.333. The van der Waals surface area contributed by atoms with Crippen LogP contribution in [0.25, 0.3) is 5.57 Å². The molecule has 0 N–H and O–H groups in total. The summed E-state index contributed by atoms with van der Waals surface area (Å²) in [6, 6.07) is 22.9. The molecule has 0 amide bonds. The van der Waals surface area contributed by atoms with E-state index in [4.69, 9.17) is 23.7 Å². The molecule has 0 aliphatic rings. The van der Waals surface area contributed by atoms with Gasteiger partial charge in [0, 0.05) is 0 Å². The largest absolute Gasteiger partial charge is 0.497 e. The Bertz CT molecular complexity index is 1100. The Hall–Kier alpha value is -4.26. The Morgan fingerprint density at radius 2 is 1.11 bits per heavy atom. The zero-order valence-electron chi connectivity index (χ0n) is 20.9. The molecule has 3 aromatic rings. The van der Waals surface area contributed by atoms with Gasteiger partial charge in [-0.05, 0) is 71.2 Å². The molecular formula is C29H30O7. The van der Waals surface area contributed by atoms with Crippen molar-refractivity contribution in [2.24, 2.45) is 5.92 Å². The summed E-state index contributed by atoms with van der Waals surface area (Å²) in [5.41, 5.74) is 3.85. The predicted molar refractivity (Wildman–Crippen MR) is 136 cm³/mol. The minimum Gasteiger partial charge on any atom is -0.497 e. The average molecular weight is 491 g/mol. The summed E-state index contributed by atoms with van der Waals surface area (Å²) in [5.74, 6) is -0.0387. The van der Waals surface area contributed by atoms with Crippen LogP contribution < -0.4 is 14.2 Å². The van der Waals surface area contributed by atoms with Crippen LogP contribution in [0.4, 0.5) is 0 Å². The van der Waals surface area contributed by atoms with Crippen molar-refractivity contribution < 1.29 is 33.3 Å². The highest BCUT2D eigenvalue weighted by Gasteiger charge is 2.28. The maximum atomic E-state index is 11.9. The van der Waals surface area contributed by atoms with Gasteiger partial charge < -0.3 is 23.7 Å². The zero-order valence-corrected chi connectivity index (χ0v) is 20.9. The number of hydrogen-bond acceptors (Lipinski definition) is 7. The third kappa shape index (κ3) is 6.88. The molecule has 0 spiro atoms. The van der Waals surface area contributed by atoms with Crippen molar-refractivity contribution in [1.29, 1.82) is 0 Å². The molecular weight excluding hydrogens is 460 g/mol. The van der Waals surface area contributed by atoms with Gasteiger partial charge in [-0.25, -0.2) is 0 Å². The van der Waals surface area contributed by atoms with E-state index in [1.165, 1.54) is 14.2 Å². The molecule has 0 heterocycles. The molecule has 3 rings (SSSR count). The van der Waals surface area contributed by atoms with E-state index in [9.17, 15) is 9.59 Å². The fraction of sp³-hybridized carbons (Fsp3) is 0.241. The van der Waals surface area contributed by atoms with Crippen LogP contribution in [0.3, 0.4) is 0 Å². The molecule has 3 aromatic carbocycles. The minimum atomic E-state index is -1.01. The molecule has 0 aliphatic heterocycles. The Kier molecular flexibility index (Phi) is 9.51. The molecule has 7 nitrogen and oxygen atoms in total. The normalized spacial score (nSPS) is 10.4. The van der Waals surface area contributed by atoms with Crippen molar-refractivity contribution >= 4 is 17.5 Å². The monoisotopic (exact) mass is 490 g/mol. The molecule has 0 fully saturated rings. The molecule has 0 radical (unpaired) electrons. The summed E-state index contributed by atoms with van der Waals surface area (Å²) in [4.78, 5) is 23.9. The smallest absolute Gasteiger partial charge is 0.320 e. The molecule has 0 unspecified atom stereocenters. The lowest BCUT2D eigenvalue weighted by Crippen LogP contribution is -2.28. The first-order chi connectivity index (χ1) is 17.5. The summed E-state index contributed by atoms with van der Waals surface area (Å²) in [7, 11) is 5.77. The van der Waals surface area contributed by atoms with Gasteiger partial charge in [-0.15, -0.1) is 0 Å². The third-order valence-corrected chi connectivity index (χ3v) is 5.67. The highest BCUT2D eigenvalue weighted by Crippen LogP contribution is 2.27. The van der Waals surface area contributed by atoms with E-state index in [0.29, 0.717) is 12.4 Å². The summed E-state index contributed by atoms with van der Waals surface area (Å²) in [5, 5.41) is 0. The van der Waals surface area contributed by atoms with Crippen LogP contribution >= 0.6 is 0 Å². The third-order valence-electron chi connectivity index (χ3n) is 5.67. The van der Waals surface area contributed by atoms with Crippen molar-refractivity contribution in [1.82, 2.24) is 0 Å². The maximum Gasteiger partial charge on any atom is 0.320 e. The van der Waals surface area contributed by atoms with E-state index in [1.807, 2.05) is 66.7 Å². The van der Waals surface area contributed by atoms with Gasteiger partial charge in [0.05, 0.1) is 28.4 Å². The lowest BCUT2D eigenvalue weighted by atomic mass is 9.97. The number of methoxy groups -OCH3 is 4. The molecule has 7 heteroatoms. The lowest BCUT2D eigenvalue weighted by molar-refractivity contribution is -0.158. The number of ether oxygens (including phenoxy) is 5. The van der Waals surface area contributed by atoms with E-state index in [-0.39, 0.29) is 6.42 Å². The van der Waals surface area contributed by atoms with Gasteiger partial charge in [-0.2, -0.15) is 0 Å². The van der Waals surface area contributed by atoms with Gasteiger partial charge in [-0.3, -0.25) is 9.59 Å². The second-order valence-corrected chi connectivity index (χ2v) is 7.83. The summed E-state index contributed by atoms with van der Waals surface area (Å²) < 4.78 is 26.0. The van der Waals surface area contributed by atoms with Gasteiger partial charge in [0.15, 0.2) is 5.92 Å². The van der Waals surface area contributed by atoms with Gasteiger partial charge >= 0.3 is 11.9 Å². The van der Waals surface area contributed by atoms with Crippen molar-refractivity contribution in [2.45, 2.75) is 6.42 Å². The van der Waals surface area contributed by atoms with Crippen LogP contribution in [0.2, 0.25) is 0 Å². The van der Waals surface area contributed by atoms with E-state index in [1.54, 1.807) is 26.4 Å². The van der Waals surface area contributed by atoms with E-state index in [0.717, 1.165) is 33.8 Å². The van der Waals surface area contributed by atoms with Crippen LogP contribution in [-0.2, 0) is 25.5 Å². The van der Waals surface area contributed by atoms with Crippen molar-refractivity contribution in [3.05, 3.63) is 95.6 Å². The predicted octanol–water partition coefficient (Wildman–Crippen LogP) is 4.72. The van der Waals surface area contributed by atoms with Crippen molar-refractivity contribution in [3.8, 4) is 17.2 Å². The highest BCUT2D eigenvalue weighted by molar-refractivity contribution is 5.95. The van der Waals surface area contributed by atoms with Crippen molar-refractivity contribution in [2.75, 3.05) is 35.0 Å². The first-order valence-electron chi connectivity index (χ1n) is 11.4. The molecule has 0 bridgehead atoms. The molecule has 0 saturated heterocycles. The topological polar surface area (TPSA) is 80.3 Å². The lowest BCUT2D eigenvalue weighted by Gasteiger charge is -2.13. The number of rotatable bonds is 11. The Morgan fingerprint density at radius 1 is 0.667 bits per heavy atom. The number of carbonyl (C=O) groups is 2. The molecule has 188 valence electrons. The number of benzene rings is 3.